The van der Waals surface area contributed by atoms with Gasteiger partial charge in [-0.15, -0.1) is 45.6 Å². The van der Waals surface area contributed by atoms with Gasteiger partial charge in [0.05, 0.1) is 67.1 Å². The number of hydrogen-bond donors (Lipinski definition) is 2. The van der Waals surface area contributed by atoms with E-state index in [1.165, 1.54) is 37.6 Å². The maximum absolute atomic E-state index is 13.2. The summed E-state index contributed by atoms with van der Waals surface area (Å²) in [5.74, 6) is 2.73. The van der Waals surface area contributed by atoms with E-state index in [1.807, 2.05) is 158 Å². The zero-order valence-corrected chi connectivity index (χ0v) is 57.8. The Balaban J connectivity index is 0.000000157. The van der Waals surface area contributed by atoms with Gasteiger partial charge in [0.15, 0.2) is 21.9 Å². The van der Waals surface area contributed by atoms with E-state index in [2.05, 4.69) is 47.5 Å². The van der Waals surface area contributed by atoms with Crippen molar-refractivity contribution >= 4 is 124 Å². The van der Waals surface area contributed by atoms with E-state index in [4.69, 9.17) is 25.8 Å². The number of rotatable bonds is 14. The predicted molar refractivity (Wildman–Crippen MR) is 374 cm³/mol. The second-order valence-electron chi connectivity index (χ2n) is 21.4. The summed E-state index contributed by atoms with van der Waals surface area (Å²) in [5.41, 5.74) is 8.79. The molecule has 0 saturated heterocycles. The van der Waals surface area contributed by atoms with Crippen molar-refractivity contribution in [3.05, 3.63) is 262 Å². The summed E-state index contributed by atoms with van der Waals surface area (Å²) in [5, 5.41) is 30.2. The first-order chi connectivity index (χ1) is 45.2. The van der Waals surface area contributed by atoms with Crippen molar-refractivity contribution in [2.24, 2.45) is 21.1 Å². The molecule has 6 aromatic carbocycles. The van der Waals surface area contributed by atoms with Gasteiger partial charge in [-0.25, -0.2) is 29.4 Å². The number of nitrogens with one attached hydrogen (secondary N) is 1. The molecule has 0 fully saturated rings. The Kier molecular flexibility index (Phi) is 21.9. The van der Waals surface area contributed by atoms with Crippen molar-refractivity contribution < 1.29 is 55.1 Å². The van der Waals surface area contributed by atoms with E-state index in [0.717, 1.165) is 81.5 Å². The number of nitrogens with zero attached hydrogens (tertiary/aromatic N) is 11. The number of alkyl halides is 1. The van der Waals surface area contributed by atoms with Gasteiger partial charge in [0, 0.05) is 63.6 Å². The number of ether oxygens (including phenoxy) is 3. The molecule has 26 heteroatoms. The third-order valence-corrected chi connectivity index (χ3v) is 19.0. The van der Waals surface area contributed by atoms with E-state index in [-0.39, 0.29) is 61.9 Å². The molecule has 1 atom stereocenters. The largest absolute Gasteiger partial charge is 1.00 e. The fraction of sp³-hybridized carbons (Fsp3) is 0.159. The quantitative estimate of drug-likeness (QED) is 0.0589. The number of H-pyrrole nitrogens is 1. The Morgan fingerprint density at radius 2 is 1.01 bits per heavy atom. The van der Waals surface area contributed by atoms with Crippen LogP contribution in [0.15, 0.2) is 197 Å². The molecule has 473 valence electrons. The standard InChI is InChI=1S/C23H20N4O3S.C23H18N4O3S.C15H12N4OS.C8H9ClO.B.Na.H/c2*1-26-18-17(12-24-27(23(18)29)13-14-7-6-10-16(11-14)30-2)20-21(26)25-22(31-20)19(28)15-8-4-3-5-9-15;1-19-12-10(8-16-18-15(12)20)13-14(19)17-11(21-13)7-9-5-3-2-4-6-9;1-10-8-4-2-3-7(5-8)6-9;;;/h3-12,19,28H,13H2,1-2H3;3-12H,13H2,1-2H3;2-6,8H,7H2,1H3,(H,18,20);2-5H,6H2,1H3;;;/q;;;;;+1;-1. The number of methoxy groups -OCH3 is 3. The summed E-state index contributed by atoms with van der Waals surface area (Å²) >= 11 is 9.90. The zero-order valence-electron chi connectivity index (χ0n) is 53.6. The molecule has 9 heterocycles. The first-order valence-corrected chi connectivity index (χ1v) is 32.0. The van der Waals surface area contributed by atoms with Crippen LogP contribution in [0.25, 0.3) is 63.8 Å². The molecule has 0 spiro atoms. The molecular formula is C69H60BClN12NaO8S3. The fourth-order valence-corrected chi connectivity index (χ4v) is 14.3. The number of benzene rings is 6. The maximum Gasteiger partial charge on any atom is 1.00 e. The van der Waals surface area contributed by atoms with Crippen LogP contribution in [0.2, 0.25) is 0 Å². The Labute approximate surface area is 585 Å². The fourth-order valence-electron chi connectivity index (χ4n) is 10.8. The number of carbonyl (C=O) groups excluding carboxylic acids is 1. The van der Waals surface area contributed by atoms with Gasteiger partial charge in [-0.1, -0.05) is 127 Å². The van der Waals surface area contributed by atoms with Crippen LogP contribution in [-0.2, 0) is 46.5 Å². The number of aryl methyl sites for hydroxylation is 3. The number of ketones is 1. The minimum Gasteiger partial charge on any atom is -1.00 e. The second kappa shape index (κ2) is 30.4. The average Bonchev–Trinajstić information content (AvgIpc) is 1.60. The molecule has 0 saturated carbocycles. The Morgan fingerprint density at radius 1 is 0.558 bits per heavy atom. The van der Waals surface area contributed by atoms with Crippen LogP contribution in [0.5, 0.6) is 17.2 Å². The van der Waals surface area contributed by atoms with Crippen LogP contribution >= 0.6 is 45.6 Å². The van der Waals surface area contributed by atoms with Crippen molar-refractivity contribution in [2.45, 2.75) is 31.5 Å². The SMILES string of the molecule is COc1cccc(CCl)c1.COc1cccc(Cn2ncc3c4sc(C(=O)c5ccccc5)nc4n(C)c3c2=O)c1.COc1cccc(Cn2ncc3c4sc(C(O)c5ccccc5)nc4n(C)c3c2=O)c1.Cn1c2nc(Cc3ccccc3)sc2c2cn[nH]c(=O)c21.[B].[H-].[Na+]. The first-order valence-electron chi connectivity index (χ1n) is 29.1. The van der Waals surface area contributed by atoms with E-state index >= 15 is 0 Å². The van der Waals surface area contributed by atoms with Crippen LogP contribution in [0.1, 0.15) is 60.7 Å². The predicted octanol–water partition coefficient (Wildman–Crippen LogP) is 8.75. The Bertz CT molecular complexity index is 5390. The summed E-state index contributed by atoms with van der Waals surface area (Å²) in [6, 6.07) is 51.6. The van der Waals surface area contributed by atoms with Crippen LogP contribution in [0.3, 0.4) is 0 Å². The van der Waals surface area contributed by atoms with Crippen molar-refractivity contribution in [2.75, 3.05) is 21.3 Å². The topological polar surface area (TPSA) is 234 Å². The minimum atomic E-state index is -0.810. The van der Waals surface area contributed by atoms with Crippen molar-refractivity contribution in [1.82, 2.24) is 58.4 Å². The maximum atomic E-state index is 13.2. The number of aromatic amines is 1. The van der Waals surface area contributed by atoms with E-state index in [1.54, 1.807) is 79.6 Å². The third kappa shape index (κ3) is 14.4. The van der Waals surface area contributed by atoms with E-state index in [0.29, 0.717) is 67.8 Å². The van der Waals surface area contributed by atoms with Gasteiger partial charge in [0.25, 0.3) is 16.7 Å². The molecule has 20 nitrogen and oxygen atoms in total. The van der Waals surface area contributed by atoms with Crippen LogP contribution in [0.4, 0.5) is 0 Å². The summed E-state index contributed by atoms with van der Waals surface area (Å²) in [7, 11) is 10.3. The minimum absolute atomic E-state index is 0. The second-order valence-corrected chi connectivity index (χ2v) is 24.8. The molecule has 0 bridgehead atoms. The Morgan fingerprint density at radius 3 is 1.56 bits per heavy atom. The van der Waals surface area contributed by atoms with Gasteiger partial charge < -0.3 is 34.4 Å². The average molecular weight is 1350 g/mol. The Hall–Kier alpha value is -9.37. The molecule has 1 unspecified atom stereocenters. The van der Waals surface area contributed by atoms with Gasteiger partial charge in [-0.3, -0.25) is 19.2 Å². The van der Waals surface area contributed by atoms with Crippen molar-refractivity contribution in [1.29, 1.82) is 0 Å². The van der Waals surface area contributed by atoms with Crippen molar-refractivity contribution in [3.63, 3.8) is 0 Å². The van der Waals surface area contributed by atoms with Crippen LogP contribution < -0.4 is 60.4 Å². The molecule has 0 amide bonds. The molecular weight excluding hydrogens is 1290 g/mol. The first kappa shape index (κ1) is 68.5. The third-order valence-electron chi connectivity index (χ3n) is 15.4. The van der Waals surface area contributed by atoms with Gasteiger partial charge in [0.1, 0.15) is 49.9 Å². The van der Waals surface area contributed by atoms with Gasteiger partial charge >= 0.3 is 29.6 Å². The number of hydrogen-bond acceptors (Lipinski definition) is 17. The molecule has 3 radical (unpaired) electrons. The number of aliphatic hydroxyl groups is 1. The number of fused-ring (bicyclic) bond motifs is 9. The van der Waals surface area contributed by atoms with E-state index in [9.17, 15) is 24.3 Å². The number of carbonyl (C=O) groups is 1. The molecule has 0 aliphatic heterocycles. The summed E-state index contributed by atoms with van der Waals surface area (Å²) in [6.07, 6.45) is 5.07. The summed E-state index contributed by atoms with van der Waals surface area (Å²) in [6.45, 7) is 0.673. The molecule has 95 heavy (non-hydrogen) atoms. The summed E-state index contributed by atoms with van der Waals surface area (Å²) in [4.78, 5) is 64.9. The molecule has 0 aliphatic rings. The van der Waals surface area contributed by atoms with Gasteiger partial charge in [-0.2, -0.15) is 15.3 Å². The van der Waals surface area contributed by atoms with Crippen molar-refractivity contribution in [3.8, 4) is 17.2 Å². The molecule has 0 aliphatic carbocycles. The molecule has 2 N–H and O–H groups in total. The van der Waals surface area contributed by atoms with Crippen LogP contribution in [0, 0.1) is 0 Å². The summed E-state index contributed by atoms with van der Waals surface area (Å²) < 4.78 is 26.4. The number of thiazole rings is 3. The number of aliphatic hydroxyl groups excluding tert-OH is 1. The molecule has 15 aromatic rings. The number of aromatic nitrogens is 12. The molecule has 9 aromatic heterocycles. The number of halogens is 1. The van der Waals surface area contributed by atoms with Crippen LogP contribution in [-0.4, -0.2) is 99.0 Å². The van der Waals surface area contributed by atoms with Gasteiger partial charge in [-0.05, 0) is 64.2 Å². The van der Waals surface area contributed by atoms with E-state index < -0.39 is 6.10 Å². The zero-order chi connectivity index (χ0) is 64.9. The monoisotopic (exact) mass is 1350 g/mol. The molecule has 15 rings (SSSR count). The van der Waals surface area contributed by atoms with Gasteiger partial charge in [0.2, 0.25) is 5.78 Å². The normalized spacial score (nSPS) is 11.3. The smallest absolute Gasteiger partial charge is 1.00 e.